The predicted octanol–water partition coefficient (Wildman–Crippen LogP) is 1.91. The molecule has 0 unspecified atom stereocenters. The maximum atomic E-state index is 12.4. The van der Waals surface area contributed by atoms with Crippen LogP contribution < -0.4 is 0 Å². The van der Waals surface area contributed by atoms with E-state index in [0.29, 0.717) is 5.92 Å². The standard InChI is InChI=1S/C14H26N2O2/c1-10(2)8-13(16(7)11(3)4)14(18)15(6)9-12(5)17/h10,13H,3,8-9H2,1-2,4-7H3/t13-/m0/s1. The molecule has 0 saturated carbocycles. The second-order valence-corrected chi connectivity index (χ2v) is 5.39. The summed E-state index contributed by atoms with van der Waals surface area (Å²) in [7, 11) is 3.54. The summed E-state index contributed by atoms with van der Waals surface area (Å²) in [5, 5.41) is 0. The zero-order valence-corrected chi connectivity index (χ0v) is 12.5. The van der Waals surface area contributed by atoms with Crippen molar-refractivity contribution in [3.63, 3.8) is 0 Å². The Bertz CT molecular complexity index is 324. The molecule has 0 fully saturated rings. The van der Waals surface area contributed by atoms with Crippen molar-refractivity contribution in [2.45, 2.75) is 40.2 Å². The Balaban J connectivity index is 4.89. The van der Waals surface area contributed by atoms with E-state index in [1.807, 2.05) is 18.9 Å². The SMILES string of the molecule is C=C(C)N(C)[C@@H](CC(C)C)C(=O)N(C)CC(C)=O. The minimum Gasteiger partial charge on any atom is -0.367 e. The Hall–Kier alpha value is -1.32. The van der Waals surface area contributed by atoms with E-state index in [0.717, 1.165) is 12.1 Å². The number of ketones is 1. The second-order valence-electron chi connectivity index (χ2n) is 5.39. The number of allylic oxidation sites excluding steroid dienone is 1. The van der Waals surface area contributed by atoms with Crippen molar-refractivity contribution < 1.29 is 9.59 Å². The summed E-state index contributed by atoms with van der Waals surface area (Å²) < 4.78 is 0. The van der Waals surface area contributed by atoms with Gasteiger partial charge in [0.05, 0.1) is 6.54 Å². The van der Waals surface area contributed by atoms with Gasteiger partial charge in [0.1, 0.15) is 11.8 Å². The molecule has 0 bridgehead atoms. The van der Waals surface area contributed by atoms with Gasteiger partial charge >= 0.3 is 0 Å². The smallest absolute Gasteiger partial charge is 0.245 e. The van der Waals surface area contributed by atoms with Crippen LogP contribution in [0.5, 0.6) is 0 Å². The van der Waals surface area contributed by atoms with Crippen molar-refractivity contribution in [3.05, 3.63) is 12.3 Å². The zero-order chi connectivity index (χ0) is 14.5. The van der Waals surface area contributed by atoms with Gasteiger partial charge in [0.15, 0.2) is 0 Å². The number of nitrogens with zero attached hydrogens (tertiary/aromatic N) is 2. The van der Waals surface area contributed by atoms with Crippen LogP contribution in [0.2, 0.25) is 0 Å². The highest BCUT2D eigenvalue weighted by Crippen LogP contribution is 2.16. The first-order chi connectivity index (χ1) is 8.16. The number of carbonyl (C=O) groups excluding carboxylic acids is 2. The number of Topliss-reactive ketones (excluding diaryl/α,β-unsaturated/α-hetero) is 1. The summed E-state index contributed by atoms with van der Waals surface area (Å²) in [6.07, 6.45) is 0.754. The molecule has 4 nitrogen and oxygen atoms in total. The summed E-state index contributed by atoms with van der Waals surface area (Å²) in [5.74, 6) is 0.378. The molecule has 1 amide bonds. The molecule has 4 heteroatoms. The summed E-state index contributed by atoms with van der Waals surface area (Å²) in [4.78, 5) is 26.8. The Morgan fingerprint density at radius 1 is 1.17 bits per heavy atom. The third-order valence-electron chi connectivity index (χ3n) is 2.89. The van der Waals surface area contributed by atoms with Gasteiger partial charge in [-0.3, -0.25) is 9.59 Å². The van der Waals surface area contributed by atoms with E-state index in [-0.39, 0.29) is 24.3 Å². The molecule has 0 aliphatic rings. The number of hydrogen-bond donors (Lipinski definition) is 0. The van der Waals surface area contributed by atoms with Gasteiger partial charge in [-0.05, 0) is 26.2 Å². The molecule has 0 spiro atoms. The number of amides is 1. The van der Waals surface area contributed by atoms with Crippen LogP contribution in [-0.4, -0.2) is 48.2 Å². The molecule has 0 aliphatic carbocycles. The van der Waals surface area contributed by atoms with E-state index >= 15 is 0 Å². The molecular weight excluding hydrogens is 228 g/mol. The first-order valence-corrected chi connectivity index (χ1v) is 6.29. The number of carbonyl (C=O) groups is 2. The molecule has 0 N–H and O–H groups in total. The van der Waals surface area contributed by atoms with Crippen molar-refractivity contribution >= 4 is 11.7 Å². The number of hydrogen-bond acceptors (Lipinski definition) is 3. The van der Waals surface area contributed by atoms with Crippen LogP contribution >= 0.6 is 0 Å². The van der Waals surface area contributed by atoms with Crippen LogP contribution in [0.4, 0.5) is 0 Å². The fourth-order valence-corrected chi connectivity index (χ4v) is 1.80. The molecule has 0 aromatic heterocycles. The lowest BCUT2D eigenvalue weighted by Crippen LogP contribution is -2.47. The molecule has 0 rings (SSSR count). The van der Waals surface area contributed by atoms with E-state index in [2.05, 4.69) is 20.4 Å². The summed E-state index contributed by atoms with van der Waals surface area (Å²) in [6.45, 7) is 11.6. The van der Waals surface area contributed by atoms with Crippen molar-refractivity contribution in [3.8, 4) is 0 Å². The highest BCUT2D eigenvalue weighted by atomic mass is 16.2. The number of likely N-dealkylation sites (N-methyl/N-ethyl adjacent to an activating group) is 2. The average molecular weight is 254 g/mol. The topological polar surface area (TPSA) is 40.6 Å². The molecule has 0 aliphatic heterocycles. The fourth-order valence-electron chi connectivity index (χ4n) is 1.80. The van der Waals surface area contributed by atoms with E-state index in [9.17, 15) is 9.59 Å². The summed E-state index contributed by atoms with van der Waals surface area (Å²) in [5.41, 5.74) is 0.852. The lowest BCUT2D eigenvalue weighted by Gasteiger charge is -2.33. The monoisotopic (exact) mass is 254 g/mol. The maximum Gasteiger partial charge on any atom is 0.245 e. The van der Waals surface area contributed by atoms with Crippen LogP contribution in [0.15, 0.2) is 12.3 Å². The van der Waals surface area contributed by atoms with Gasteiger partial charge in [0.2, 0.25) is 5.91 Å². The highest BCUT2D eigenvalue weighted by Gasteiger charge is 2.27. The summed E-state index contributed by atoms with van der Waals surface area (Å²) in [6, 6.07) is -0.244. The van der Waals surface area contributed by atoms with Crippen molar-refractivity contribution in [1.29, 1.82) is 0 Å². The van der Waals surface area contributed by atoms with E-state index < -0.39 is 0 Å². The summed E-state index contributed by atoms with van der Waals surface area (Å²) >= 11 is 0. The quantitative estimate of drug-likeness (QED) is 0.697. The van der Waals surface area contributed by atoms with Crippen LogP contribution in [0.25, 0.3) is 0 Å². The maximum absolute atomic E-state index is 12.4. The van der Waals surface area contributed by atoms with Crippen LogP contribution in [0.1, 0.15) is 34.1 Å². The Morgan fingerprint density at radius 3 is 2.00 bits per heavy atom. The Kier molecular flexibility index (Phi) is 6.66. The van der Waals surface area contributed by atoms with Gasteiger partial charge in [-0.15, -0.1) is 0 Å². The molecule has 0 heterocycles. The van der Waals surface area contributed by atoms with E-state index in [1.165, 1.54) is 11.8 Å². The van der Waals surface area contributed by atoms with Crippen molar-refractivity contribution in [2.24, 2.45) is 5.92 Å². The zero-order valence-electron chi connectivity index (χ0n) is 12.5. The normalized spacial score (nSPS) is 12.2. The third kappa shape index (κ3) is 5.34. The van der Waals surface area contributed by atoms with E-state index in [4.69, 9.17) is 0 Å². The third-order valence-corrected chi connectivity index (χ3v) is 2.89. The minimum absolute atomic E-state index is 0.00729. The van der Waals surface area contributed by atoms with Gasteiger partial charge in [-0.25, -0.2) is 0 Å². The first-order valence-electron chi connectivity index (χ1n) is 6.29. The van der Waals surface area contributed by atoms with Crippen LogP contribution in [-0.2, 0) is 9.59 Å². The Labute approximate surface area is 111 Å². The predicted molar refractivity (Wildman–Crippen MR) is 74.1 cm³/mol. The van der Waals surface area contributed by atoms with Gasteiger partial charge in [-0.2, -0.15) is 0 Å². The second kappa shape index (κ2) is 7.19. The van der Waals surface area contributed by atoms with Gasteiger partial charge < -0.3 is 9.80 Å². The van der Waals surface area contributed by atoms with Gasteiger partial charge in [-0.1, -0.05) is 20.4 Å². The number of rotatable bonds is 7. The molecule has 0 aromatic carbocycles. The molecule has 0 aromatic rings. The molecular formula is C14H26N2O2. The Morgan fingerprint density at radius 2 is 1.67 bits per heavy atom. The fraction of sp³-hybridized carbons (Fsp3) is 0.714. The molecule has 18 heavy (non-hydrogen) atoms. The molecule has 0 radical (unpaired) electrons. The van der Waals surface area contributed by atoms with Crippen LogP contribution in [0, 0.1) is 5.92 Å². The van der Waals surface area contributed by atoms with Gasteiger partial charge in [0, 0.05) is 19.8 Å². The van der Waals surface area contributed by atoms with E-state index in [1.54, 1.807) is 7.05 Å². The minimum atomic E-state index is -0.244. The van der Waals surface area contributed by atoms with Crippen molar-refractivity contribution in [1.82, 2.24) is 9.80 Å². The molecule has 0 saturated heterocycles. The largest absolute Gasteiger partial charge is 0.367 e. The first kappa shape index (κ1) is 16.7. The van der Waals surface area contributed by atoms with Crippen molar-refractivity contribution in [2.75, 3.05) is 20.6 Å². The van der Waals surface area contributed by atoms with Crippen LogP contribution in [0.3, 0.4) is 0 Å². The lowest BCUT2D eigenvalue weighted by atomic mass is 10.0. The van der Waals surface area contributed by atoms with Gasteiger partial charge in [0.25, 0.3) is 0 Å². The molecule has 104 valence electrons. The highest BCUT2D eigenvalue weighted by molar-refractivity contribution is 5.87. The molecule has 1 atom stereocenters. The lowest BCUT2D eigenvalue weighted by molar-refractivity contribution is -0.137. The average Bonchev–Trinajstić information content (AvgIpc) is 2.22.